The number of ether oxygens (including phenoxy) is 2. The van der Waals surface area contributed by atoms with Crippen molar-refractivity contribution >= 4 is 12.1 Å². The lowest BCUT2D eigenvalue weighted by molar-refractivity contribution is -0.0848. The summed E-state index contributed by atoms with van der Waals surface area (Å²) >= 11 is 0. The van der Waals surface area contributed by atoms with Crippen molar-refractivity contribution in [3.05, 3.63) is 35.4 Å². The molecule has 1 aromatic carbocycles. The zero-order chi connectivity index (χ0) is 18.8. The number of rotatable bonds is 2. The van der Waals surface area contributed by atoms with E-state index in [1.807, 2.05) is 0 Å². The highest BCUT2D eigenvalue weighted by Gasteiger charge is 2.47. The van der Waals surface area contributed by atoms with Crippen LogP contribution in [-0.2, 0) is 9.47 Å². The minimum Gasteiger partial charge on any atom is -0.465 e. The monoisotopic (exact) mass is 355 g/mol. The normalized spacial score (nSPS) is 20.1. The van der Waals surface area contributed by atoms with Crippen molar-refractivity contribution in [2.24, 2.45) is 0 Å². The zero-order valence-corrected chi connectivity index (χ0v) is 14.8. The van der Waals surface area contributed by atoms with Crippen molar-refractivity contribution in [1.82, 2.24) is 4.90 Å². The quantitative estimate of drug-likeness (QED) is 0.757. The standard InChI is InChI=1S/C18H23F2NO4/c1-17(2,3)25-16(23)21-10-9-14(18(19,20)11-21)12-5-7-13(8-6-12)15(22)24-4/h5-8,14H,9-11H2,1-4H3. The van der Waals surface area contributed by atoms with E-state index in [0.717, 1.165) is 4.90 Å². The van der Waals surface area contributed by atoms with E-state index < -0.39 is 36.0 Å². The van der Waals surface area contributed by atoms with Gasteiger partial charge < -0.3 is 14.4 Å². The molecule has 25 heavy (non-hydrogen) atoms. The van der Waals surface area contributed by atoms with Gasteiger partial charge in [0.15, 0.2) is 0 Å². The molecule has 1 heterocycles. The average molecular weight is 355 g/mol. The molecule has 0 radical (unpaired) electrons. The lowest BCUT2D eigenvalue weighted by atomic mass is 9.86. The molecule has 0 saturated carbocycles. The van der Waals surface area contributed by atoms with E-state index in [1.165, 1.54) is 31.4 Å². The van der Waals surface area contributed by atoms with Crippen LogP contribution in [0.1, 0.15) is 49.0 Å². The van der Waals surface area contributed by atoms with Crippen LogP contribution < -0.4 is 0 Å². The van der Waals surface area contributed by atoms with Crippen molar-refractivity contribution in [2.75, 3.05) is 20.2 Å². The molecule has 0 aliphatic carbocycles. The van der Waals surface area contributed by atoms with Crippen LogP contribution >= 0.6 is 0 Å². The molecule has 5 nitrogen and oxygen atoms in total. The third-order valence-corrected chi connectivity index (χ3v) is 3.99. The Bertz CT molecular complexity index is 637. The van der Waals surface area contributed by atoms with Gasteiger partial charge in [0.2, 0.25) is 0 Å². The molecule has 1 fully saturated rings. The van der Waals surface area contributed by atoms with Crippen LogP contribution in [0.4, 0.5) is 13.6 Å². The molecule has 0 aromatic heterocycles. The number of esters is 1. The Morgan fingerprint density at radius 1 is 1.20 bits per heavy atom. The van der Waals surface area contributed by atoms with Gasteiger partial charge in [0.25, 0.3) is 5.92 Å². The highest BCUT2D eigenvalue weighted by Crippen LogP contribution is 2.40. The second-order valence-electron chi connectivity index (χ2n) is 7.12. The molecule has 0 bridgehead atoms. The number of likely N-dealkylation sites (tertiary alicyclic amines) is 1. The van der Waals surface area contributed by atoms with Gasteiger partial charge in [0.1, 0.15) is 5.60 Å². The number of hydrogen-bond acceptors (Lipinski definition) is 4. The lowest BCUT2D eigenvalue weighted by Crippen LogP contribution is -2.50. The van der Waals surface area contributed by atoms with Gasteiger partial charge in [-0.2, -0.15) is 0 Å². The molecule has 2 rings (SSSR count). The summed E-state index contributed by atoms with van der Waals surface area (Å²) in [5, 5.41) is 0. The van der Waals surface area contributed by atoms with Gasteiger partial charge in [0, 0.05) is 6.54 Å². The SMILES string of the molecule is COC(=O)c1ccc(C2CCN(C(=O)OC(C)(C)C)CC2(F)F)cc1. The number of nitrogens with zero attached hydrogens (tertiary/aromatic N) is 1. The molecule has 0 N–H and O–H groups in total. The van der Waals surface area contributed by atoms with Crippen molar-refractivity contribution in [2.45, 2.75) is 44.6 Å². The van der Waals surface area contributed by atoms with E-state index in [2.05, 4.69) is 4.74 Å². The molecule has 1 amide bonds. The Balaban J connectivity index is 2.10. The van der Waals surface area contributed by atoms with Crippen LogP contribution in [0.25, 0.3) is 0 Å². The van der Waals surface area contributed by atoms with Gasteiger partial charge in [-0.25, -0.2) is 18.4 Å². The number of benzene rings is 1. The number of alkyl halides is 2. The summed E-state index contributed by atoms with van der Waals surface area (Å²) in [6.45, 7) is 4.58. The minimum absolute atomic E-state index is 0.115. The zero-order valence-electron chi connectivity index (χ0n) is 14.8. The first-order valence-corrected chi connectivity index (χ1v) is 8.07. The average Bonchev–Trinajstić information content (AvgIpc) is 2.51. The summed E-state index contributed by atoms with van der Waals surface area (Å²) in [6.07, 6.45) is -0.615. The van der Waals surface area contributed by atoms with E-state index in [4.69, 9.17) is 4.74 Å². The summed E-state index contributed by atoms with van der Waals surface area (Å²) in [4.78, 5) is 24.5. The predicted molar refractivity (Wildman–Crippen MR) is 87.9 cm³/mol. The van der Waals surface area contributed by atoms with Crippen molar-refractivity contribution < 1.29 is 27.8 Å². The van der Waals surface area contributed by atoms with Gasteiger partial charge in [-0.3, -0.25) is 0 Å². The van der Waals surface area contributed by atoms with Gasteiger partial charge in [-0.15, -0.1) is 0 Å². The number of methoxy groups -OCH3 is 1. The van der Waals surface area contributed by atoms with E-state index in [-0.39, 0.29) is 13.0 Å². The molecule has 1 atom stereocenters. The molecular formula is C18H23F2NO4. The number of carbonyl (C=O) groups is 2. The molecule has 1 aliphatic rings. The molecule has 1 aliphatic heterocycles. The Labute approximate surface area is 145 Å². The third-order valence-electron chi connectivity index (χ3n) is 3.99. The molecule has 7 heteroatoms. The van der Waals surface area contributed by atoms with Crippen LogP contribution in [-0.4, -0.2) is 48.7 Å². The summed E-state index contributed by atoms with van der Waals surface area (Å²) < 4.78 is 38.9. The number of amides is 1. The van der Waals surface area contributed by atoms with Crippen LogP contribution in [0.5, 0.6) is 0 Å². The first-order valence-electron chi connectivity index (χ1n) is 8.07. The van der Waals surface area contributed by atoms with E-state index in [1.54, 1.807) is 20.8 Å². The van der Waals surface area contributed by atoms with Gasteiger partial charge >= 0.3 is 12.1 Å². The molecule has 1 aromatic rings. The van der Waals surface area contributed by atoms with E-state index >= 15 is 0 Å². The van der Waals surface area contributed by atoms with E-state index in [0.29, 0.717) is 11.1 Å². The van der Waals surface area contributed by atoms with Gasteiger partial charge in [-0.1, -0.05) is 12.1 Å². The Morgan fingerprint density at radius 2 is 1.80 bits per heavy atom. The maximum Gasteiger partial charge on any atom is 0.410 e. The fraction of sp³-hybridized carbons (Fsp3) is 0.556. The molecular weight excluding hydrogens is 332 g/mol. The fourth-order valence-corrected chi connectivity index (χ4v) is 2.80. The number of piperidine rings is 1. The maximum atomic E-state index is 14.6. The number of halogens is 2. The highest BCUT2D eigenvalue weighted by atomic mass is 19.3. The van der Waals surface area contributed by atoms with Crippen LogP contribution in [0, 0.1) is 0 Å². The second kappa shape index (κ2) is 6.98. The van der Waals surface area contributed by atoms with Gasteiger partial charge in [0.05, 0.1) is 25.1 Å². The van der Waals surface area contributed by atoms with E-state index in [9.17, 15) is 18.4 Å². The van der Waals surface area contributed by atoms with Gasteiger partial charge in [-0.05, 0) is 44.9 Å². The smallest absolute Gasteiger partial charge is 0.410 e. The van der Waals surface area contributed by atoms with Crippen molar-refractivity contribution in [3.8, 4) is 0 Å². The Kier molecular flexibility index (Phi) is 5.34. The first-order chi connectivity index (χ1) is 11.5. The van der Waals surface area contributed by atoms with Crippen LogP contribution in [0.3, 0.4) is 0 Å². The summed E-state index contributed by atoms with van der Waals surface area (Å²) in [6, 6.07) is 5.96. The third kappa shape index (κ3) is 4.67. The fourth-order valence-electron chi connectivity index (χ4n) is 2.80. The largest absolute Gasteiger partial charge is 0.465 e. The number of hydrogen-bond donors (Lipinski definition) is 0. The second-order valence-corrected chi connectivity index (χ2v) is 7.12. The number of carbonyl (C=O) groups excluding carboxylic acids is 2. The highest BCUT2D eigenvalue weighted by molar-refractivity contribution is 5.89. The minimum atomic E-state index is -3.08. The van der Waals surface area contributed by atoms with Crippen molar-refractivity contribution in [3.63, 3.8) is 0 Å². The molecule has 138 valence electrons. The summed E-state index contributed by atoms with van der Waals surface area (Å²) in [5.41, 5.74) is 0.00896. The summed E-state index contributed by atoms with van der Waals surface area (Å²) in [5.74, 6) is -4.61. The van der Waals surface area contributed by atoms with Crippen LogP contribution in [0.15, 0.2) is 24.3 Å². The Morgan fingerprint density at radius 3 is 2.28 bits per heavy atom. The predicted octanol–water partition coefficient (Wildman–Crippen LogP) is 3.83. The maximum absolute atomic E-state index is 14.6. The topological polar surface area (TPSA) is 55.8 Å². The lowest BCUT2D eigenvalue weighted by Gasteiger charge is -2.39. The van der Waals surface area contributed by atoms with Crippen LogP contribution in [0.2, 0.25) is 0 Å². The van der Waals surface area contributed by atoms with Crippen molar-refractivity contribution in [1.29, 1.82) is 0 Å². The molecule has 1 saturated heterocycles. The summed E-state index contributed by atoms with van der Waals surface area (Å²) in [7, 11) is 1.26. The Hall–Kier alpha value is -2.18. The first kappa shape index (κ1) is 19.1. The molecule has 0 spiro atoms. The molecule has 1 unspecified atom stereocenters.